The molecule has 0 saturated carbocycles. The van der Waals surface area contributed by atoms with Crippen molar-refractivity contribution in [1.29, 1.82) is 0 Å². The van der Waals surface area contributed by atoms with Gasteiger partial charge in [-0.25, -0.2) is 4.99 Å². The van der Waals surface area contributed by atoms with Gasteiger partial charge in [0.05, 0.1) is 23.4 Å². The van der Waals surface area contributed by atoms with Crippen molar-refractivity contribution < 1.29 is 9.53 Å². The molecule has 0 atom stereocenters. The topological polar surface area (TPSA) is 51.0 Å². The van der Waals surface area contributed by atoms with Crippen molar-refractivity contribution in [2.75, 3.05) is 0 Å². The lowest BCUT2D eigenvalue weighted by Gasteiger charge is -2.10. The maximum atomic E-state index is 11.7. The summed E-state index contributed by atoms with van der Waals surface area (Å²) >= 11 is 0. The average molecular weight is 292 g/mol. The van der Waals surface area contributed by atoms with Crippen LogP contribution in [0.2, 0.25) is 0 Å². The van der Waals surface area contributed by atoms with Gasteiger partial charge in [-0.3, -0.25) is 9.79 Å². The highest BCUT2D eigenvalue weighted by molar-refractivity contribution is 6.05. The highest BCUT2D eigenvalue weighted by Gasteiger charge is 2.15. The zero-order valence-electron chi connectivity index (χ0n) is 12.5. The fraction of sp³-hybridized carbons (Fsp3) is 0.167. The Balaban J connectivity index is 1.99. The van der Waals surface area contributed by atoms with Gasteiger partial charge in [0.2, 0.25) is 5.90 Å². The number of rotatable bonds is 2. The normalized spacial score (nSPS) is 13.5. The van der Waals surface area contributed by atoms with Crippen LogP contribution in [0.4, 0.5) is 11.4 Å². The van der Waals surface area contributed by atoms with E-state index in [1.54, 1.807) is 12.1 Å². The molecule has 2 aromatic rings. The van der Waals surface area contributed by atoms with E-state index in [9.17, 15) is 4.79 Å². The number of hydrogen-bond donors (Lipinski definition) is 0. The van der Waals surface area contributed by atoms with Crippen LogP contribution in [0, 0.1) is 0 Å². The number of hydrogen-bond acceptors (Lipinski definition) is 4. The molecule has 1 aliphatic rings. The summed E-state index contributed by atoms with van der Waals surface area (Å²) in [5.41, 5.74) is 3.08. The SMILES string of the molecule is CC(=O)c1ccccc1OC1=Nc2ccccc2N=C(C)C1. The summed E-state index contributed by atoms with van der Waals surface area (Å²) in [6.07, 6.45) is 0.515. The van der Waals surface area contributed by atoms with Gasteiger partial charge in [-0.05, 0) is 38.1 Å². The van der Waals surface area contributed by atoms with Gasteiger partial charge in [0.1, 0.15) is 5.75 Å². The third kappa shape index (κ3) is 2.96. The van der Waals surface area contributed by atoms with Crippen LogP contribution < -0.4 is 4.74 Å². The number of aliphatic imine (C=N–C) groups is 2. The van der Waals surface area contributed by atoms with Crippen molar-refractivity contribution in [3.63, 3.8) is 0 Å². The van der Waals surface area contributed by atoms with Crippen LogP contribution in [0.1, 0.15) is 30.6 Å². The predicted molar refractivity (Wildman–Crippen MR) is 88.0 cm³/mol. The quantitative estimate of drug-likeness (QED) is 0.765. The first-order valence-electron chi connectivity index (χ1n) is 7.12. The molecule has 4 heteroatoms. The molecule has 1 aliphatic heterocycles. The highest BCUT2D eigenvalue weighted by atomic mass is 16.5. The van der Waals surface area contributed by atoms with Gasteiger partial charge in [0.25, 0.3) is 0 Å². The molecular formula is C18H16N2O2. The van der Waals surface area contributed by atoms with Crippen molar-refractivity contribution in [3.8, 4) is 5.75 Å². The average Bonchev–Trinajstić information content (AvgIpc) is 2.64. The molecule has 110 valence electrons. The summed E-state index contributed by atoms with van der Waals surface area (Å²) in [5.74, 6) is 1.04. The van der Waals surface area contributed by atoms with Gasteiger partial charge < -0.3 is 4.74 Å². The minimum atomic E-state index is -0.0318. The van der Waals surface area contributed by atoms with Gasteiger partial charge in [-0.15, -0.1) is 0 Å². The number of fused-ring (bicyclic) bond motifs is 1. The first-order chi connectivity index (χ1) is 10.6. The molecule has 0 aliphatic carbocycles. The molecular weight excluding hydrogens is 276 g/mol. The number of nitrogens with zero attached hydrogens (tertiary/aromatic N) is 2. The van der Waals surface area contributed by atoms with Gasteiger partial charge in [0.15, 0.2) is 5.78 Å². The van der Waals surface area contributed by atoms with Crippen LogP contribution in [0.3, 0.4) is 0 Å². The molecule has 4 nitrogen and oxygen atoms in total. The lowest BCUT2D eigenvalue weighted by molar-refractivity contribution is 0.101. The molecule has 2 aromatic carbocycles. The molecule has 22 heavy (non-hydrogen) atoms. The molecule has 0 amide bonds. The molecule has 0 spiro atoms. The summed E-state index contributed by atoms with van der Waals surface area (Å²) < 4.78 is 5.90. The lowest BCUT2D eigenvalue weighted by atomic mass is 10.1. The third-order valence-corrected chi connectivity index (χ3v) is 3.34. The second kappa shape index (κ2) is 5.93. The van der Waals surface area contributed by atoms with E-state index in [0.29, 0.717) is 23.6 Å². The van der Waals surface area contributed by atoms with Gasteiger partial charge in [-0.2, -0.15) is 0 Å². The maximum Gasteiger partial charge on any atom is 0.201 e. The van der Waals surface area contributed by atoms with E-state index in [4.69, 9.17) is 4.74 Å². The number of ether oxygens (including phenoxy) is 1. The molecule has 0 bridgehead atoms. The second-order valence-corrected chi connectivity index (χ2v) is 5.17. The van der Waals surface area contributed by atoms with Crippen molar-refractivity contribution in [1.82, 2.24) is 0 Å². The van der Waals surface area contributed by atoms with Gasteiger partial charge >= 0.3 is 0 Å². The van der Waals surface area contributed by atoms with E-state index >= 15 is 0 Å². The standard InChI is InChI=1S/C18H16N2O2/c1-12-11-18(20-16-9-5-4-8-15(16)19-12)22-17-10-6-3-7-14(17)13(2)21/h3-10H,11H2,1-2H3. The van der Waals surface area contributed by atoms with Gasteiger partial charge in [0, 0.05) is 5.71 Å². The molecule has 3 rings (SSSR count). The van der Waals surface area contributed by atoms with E-state index < -0.39 is 0 Å². The largest absolute Gasteiger partial charge is 0.442 e. The molecule has 0 radical (unpaired) electrons. The molecule has 1 heterocycles. The van der Waals surface area contributed by atoms with E-state index in [-0.39, 0.29) is 5.78 Å². The van der Waals surface area contributed by atoms with Crippen molar-refractivity contribution >= 4 is 28.8 Å². The second-order valence-electron chi connectivity index (χ2n) is 5.17. The first kappa shape index (κ1) is 14.2. The molecule has 0 saturated heterocycles. The number of carbonyl (C=O) groups excluding carboxylic acids is 1. The Morgan fingerprint density at radius 3 is 2.36 bits per heavy atom. The smallest absolute Gasteiger partial charge is 0.201 e. The Kier molecular flexibility index (Phi) is 3.83. The summed E-state index contributed by atoms with van der Waals surface area (Å²) in [5, 5.41) is 0. The minimum absolute atomic E-state index is 0.0318. The van der Waals surface area contributed by atoms with E-state index in [2.05, 4.69) is 9.98 Å². The Hall–Kier alpha value is -2.75. The van der Waals surface area contributed by atoms with Crippen LogP contribution in [-0.2, 0) is 0 Å². The van der Waals surface area contributed by atoms with E-state index in [0.717, 1.165) is 17.1 Å². The number of para-hydroxylation sites is 3. The van der Waals surface area contributed by atoms with Crippen LogP contribution in [0.15, 0.2) is 58.5 Å². The van der Waals surface area contributed by atoms with Crippen LogP contribution in [0.25, 0.3) is 0 Å². The highest BCUT2D eigenvalue weighted by Crippen LogP contribution is 2.31. The summed E-state index contributed by atoms with van der Waals surface area (Å²) in [6.45, 7) is 3.47. The van der Waals surface area contributed by atoms with Gasteiger partial charge in [-0.1, -0.05) is 24.3 Å². The summed E-state index contributed by atoms with van der Waals surface area (Å²) in [7, 11) is 0. The Morgan fingerprint density at radius 1 is 1.00 bits per heavy atom. The zero-order chi connectivity index (χ0) is 15.5. The monoisotopic (exact) mass is 292 g/mol. The van der Waals surface area contributed by atoms with Crippen molar-refractivity contribution in [2.45, 2.75) is 20.3 Å². The number of Topliss-reactive ketones (excluding diaryl/α,β-unsaturated/α-hetero) is 1. The fourth-order valence-electron chi connectivity index (χ4n) is 2.32. The number of carbonyl (C=O) groups is 1. The van der Waals surface area contributed by atoms with Crippen LogP contribution in [0.5, 0.6) is 5.75 Å². The van der Waals surface area contributed by atoms with E-state index in [1.165, 1.54) is 6.92 Å². The third-order valence-electron chi connectivity index (χ3n) is 3.34. The Morgan fingerprint density at radius 2 is 1.64 bits per heavy atom. The van der Waals surface area contributed by atoms with Crippen molar-refractivity contribution in [3.05, 3.63) is 54.1 Å². The first-order valence-corrected chi connectivity index (χ1v) is 7.12. The zero-order valence-corrected chi connectivity index (χ0v) is 12.5. The molecule has 0 fully saturated rings. The maximum absolute atomic E-state index is 11.7. The number of benzene rings is 2. The van der Waals surface area contributed by atoms with Crippen LogP contribution >= 0.6 is 0 Å². The Labute approximate surface area is 129 Å². The van der Waals surface area contributed by atoms with Crippen LogP contribution in [-0.4, -0.2) is 17.4 Å². The lowest BCUT2D eigenvalue weighted by Crippen LogP contribution is -2.13. The van der Waals surface area contributed by atoms with E-state index in [1.807, 2.05) is 43.3 Å². The molecule has 0 aromatic heterocycles. The summed E-state index contributed by atoms with van der Waals surface area (Å²) in [6, 6.07) is 14.9. The minimum Gasteiger partial charge on any atom is -0.442 e. The fourth-order valence-corrected chi connectivity index (χ4v) is 2.32. The predicted octanol–water partition coefficient (Wildman–Crippen LogP) is 4.49. The summed E-state index contributed by atoms with van der Waals surface area (Å²) in [4.78, 5) is 20.8. The van der Waals surface area contributed by atoms with Crippen molar-refractivity contribution in [2.24, 2.45) is 9.98 Å². The number of ketones is 1. The Bertz CT molecular complexity index is 791. The molecule has 0 unspecified atom stereocenters. The molecule has 0 N–H and O–H groups in total.